The molecule has 4 aromatic rings. The third-order valence-corrected chi connectivity index (χ3v) is 5.90. The van der Waals surface area contributed by atoms with Gasteiger partial charge in [0.2, 0.25) is 6.10 Å². The molecular formula is C22H17ClN2O4S. The fraction of sp³-hybridized carbons (Fsp3) is 0.136. The Morgan fingerprint density at radius 2 is 1.80 bits per heavy atom. The van der Waals surface area contributed by atoms with Gasteiger partial charge < -0.3 is 9.47 Å². The molecule has 0 spiro atoms. The summed E-state index contributed by atoms with van der Waals surface area (Å²) in [6.45, 7) is 1.87. The molecule has 1 atom stereocenters. The first kappa shape index (κ1) is 20.1. The van der Waals surface area contributed by atoms with Crippen LogP contribution >= 0.6 is 22.9 Å². The Hall–Kier alpha value is -3.16. The summed E-state index contributed by atoms with van der Waals surface area (Å²) in [5.74, 6) is -1.24. The van der Waals surface area contributed by atoms with Gasteiger partial charge in [0.15, 0.2) is 0 Å². The van der Waals surface area contributed by atoms with E-state index in [9.17, 15) is 9.59 Å². The Kier molecular flexibility index (Phi) is 5.57. The molecule has 0 aliphatic heterocycles. The van der Waals surface area contributed by atoms with E-state index in [-0.39, 0.29) is 0 Å². The van der Waals surface area contributed by atoms with Crippen LogP contribution in [0.25, 0.3) is 15.9 Å². The molecule has 2 aromatic heterocycles. The van der Waals surface area contributed by atoms with Gasteiger partial charge in [0.25, 0.3) is 0 Å². The molecule has 0 fully saturated rings. The molecule has 4 rings (SSSR count). The molecule has 0 radical (unpaired) electrons. The summed E-state index contributed by atoms with van der Waals surface area (Å²) < 4.78 is 12.1. The van der Waals surface area contributed by atoms with Crippen LogP contribution < -0.4 is 0 Å². The minimum Gasteiger partial charge on any atom is -0.466 e. The molecule has 0 saturated heterocycles. The highest BCUT2D eigenvalue weighted by Crippen LogP contribution is 2.32. The average molecular weight is 441 g/mol. The van der Waals surface area contributed by atoms with Crippen LogP contribution in [0.3, 0.4) is 0 Å². The van der Waals surface area contributed by atoms with Gasteiger partial charge in [-0.2, -0.15) is 5.10 Å². The summed E-state index contributed by atoms with van der Waals surface area (Å²) in [5, 5.41) is 6.03. The smallest absolute Gasteiger partial charge is 0.351 e. The van der Waals surface area contributed by atoms with Crippen LogP contribution in [0.5, 0.6) is 0 Å². The Balaban J connectivity index is 1.67. The molecule has 2 aromatic carbocycles. The zero-order valence-corrected chi connectivity index (χ0v) is 17.7. The lowest BCUT2D eigenvalue weighted by atomic mass is 10.1. The number of esters is 2. The second kappa shape index (κ2) is 8.30. The lowest BCUT2D eigenvalue weighted by Crippen LogP contribution is -2.20. The number of hydrogen-bond donors (Lipinski definition) is 0. The van der Waals surface area contributed by atoms with E-state index in [0.29, 0.717) is 15.5 Å². The summed E-state index contributed by atoms with van der Waals surface area (Å²) in [4.78, 5) is 26.2. The van der Waals surface area contributed by atoms with E-state index < -0.39 is 18.0 Å². The van der Waals surface area contributed by atoms with Gasteiger partial charge in [0.1, 0.15) is 9.71 Å². The number of aryl methyl sites for hydroxylation is 1. The van der Waals surface area contributed by atoms with Crippen LogP contribution in [0.15, 0.2) is 60.7 Å². The highest BCUT2D eigenvalue weighted by Gasteiger charge is 2.28. The molecular weight excluding hydrogens is 424 g/mol. The van der Waals surface area contributed by atoms with Crippen molar-refractivity contribution >= 4 is 45.1 Å². The second-order valence-corrected chi connectivity index (χ2v) is 7.99. The number of carbonyl (C=O) groups excluding carboxylic acids is 2. The Bertz CT molecular complexity index is 1220. The molecule has 0 aliphatic rings. The van der Waals surface area contributed by atoms with E-state index in [1.807, 2.05) is 25.1 Å². The van der Waals surface area contributed by atoms with Crippen molar-refractivity contribution in [2.75, 3.05) is 7.11 Å². The fourth-order valence-corrected chi connectivity index (χ4v) is 4.25. The van der Waals surface area contributed by atoms with Gasteiger partial charge in [0, 0.05) is 16.0 Å². The van der Waals surface area contributed by atoms with Gasteiger partial charge in [0.05, 0.1) is 18.5 Å². The van der Waals surface area contributed by atoms with Gasteiger partial charge in [-0.05, 0) is 37.3 Å². The van der Waals surface area contributed by atoms with Crippen molar-refractivity contribution in [1.29, 1.82) is 0 Å². The number of carbonyl (C=O) groups is 2. The minimum atomic E-state index is -1.14. The molecule has 2 heterocycles. The third-order valence-electron chi connectivity index (χ3n) is 4.56. The van der Waals surface area contributed by atoms with Crippen LogP contribution in [0.1, 0.15) is 27.0 Å². The fourth-order valence-electron chi connectivity index (χ4n) is 3.06. The molecule has 0 bridgehead atoms. The summed E-state index contributed by atoms with van der Waals surface area (Å²) in [7, 11) is 1.26. The number of benzene rings is 2. The van der Waals surface area contributed by atoms with E-state index in [1.165, 1.54) is 18.4 Å². The number of fused-ring (bicyclic) bond motifs is 1. The van der Waals surface area contributed by atoms with Crippen molar-refractivity contribution in [1.82, 2.24) is 9.78 Å². The first-order valence-corrected chi connectivity index (χ1v) is 10.3. The van der Waals surface area contributed by atoms with Crippen LogP contribution in [0, 0.1) is 6.92 Å². The van der Waals surface area contributed by atoms with Gasteiger partial charge in [-0.15, -0.1) is 11.3 Å². The molecule has 1 unspecified atom stereocenters. The predicted molar refractivity (Wildman–Crippen MR) is 115 cm³/mol. The summed E-state index contributed by atoms with van der Waals surface area (Å²) in [5.41, 5.74) is 2.15. The van der Waals surface area contributed by atoms with Crippen molar-refractivity contribution in [3.05, 3.63) is 81.8 Å². The van der Waals surface area contributed by atoms with Crippen molar-refractivity contribution in [2.24, 2.45) is 0 Å². The number of aromatic nitrogens is 2. The van der Waals surface area contributed by atoms with Crippen LogP contribution in [0.4, 0.5) is 0 Å². The maximum Gasteiger partial charge on any atom is 0.351 e. The van der Waals surface area contributed by atoms with E-state index >= 15 is 0 Å². The minimum absolute atomic E-state index is 0.373. The maximum atomic E-state index is 12.9. The first-order valence-electron chi connectivity index (χ1n) is 9.07. The number of halogens is 1. The predicted octanol–water partition coefficient (Wildman–Crippen LogP) is 5.12. The zero-order chi connectivity index (χ0) is 21.3. The lowest BCUT2D eigenvalue weighted by molar-refractivity contribution is -0.151. The Labute approximate surface area is 181 Å². The van der Waals surface area contributed by atoms with Crippen LogP contribution in [-0.4, -0.2) is 28.8 Å². The summed E-state index contributed by atoms with van der Waals surface area (Å²) >= 11 is 7.23. The number of methoxy groups -OCH3 is 1. The maximum absolute atomic E-state index is 12.9. The highest BCUT2D eigenvalue weighted by molar-refractivity contribution is 7.20. The van der Waals surface area contributed by atoms with Crippen molar-refractivity contribution < 1.29 is 19.1 Å². The molecule has 6 nitrogen and oxygen atoms in total. The van der Waals surface area contributed by atoms with Crippen LogP contribution in [0.2, 0.25) is 5.02 Å². The monoisotopic (exact) mass is 440 g/mol. The number of rotatable bonds is 5. The van der Waals surface area contributed by atoms with E-state index in [0.717, 1.165) is 21.6 Å². The molecule has 0 N–H and O–H groups in total. The zero-order valence-electron chi connectivity index (χ0n) is 16.2. The normalized spacial score (nSPS) is 12.0. The quantitative estimate of drug-likeness (QED) is 0.403. The highest BCUT2D eigenvalue weighted by atomic mass is 35.5. The Morgan fingerprint density at radius 3 is 2.47 bits per heavy atom. The first-order chi connectivity index (χ1) is 14.5. The van der Waals surface area contributed by atoms with E-state index in [4.69, 9.17) is 21.1 Å². The van der Waals surface area contributed by atoms with Gasteiger partial charge in [-0.1, -0.05) is 41.9 Å². The second-order valence-electron chi connectivity index (χ2n) is 6.52. The molecule has 0 amide bonds. The number of thiophene rings is 1. The molecule has 30 heavy (non-hydrogen) atoms. The molecule has 152 valence electrons. The van der Waals surface area contributed by atoms with Crippen molar-refractivity contribution in [3.63, 3.8) is 0 Å². The average Bonchev–Trinajstić information content (AvgIpc) is 3.33. The lowest BCUT2D eigenvalue weighted by Gasteiger charge is -2.15. The number of hydrogen-bond acceptors (Lipinski definition) is 6. The number of ether oxygens (including phenoxy) is 2. The molecule has 0 aliphatic carbocycles. The van der Waals surface area contributed by atoms with Crippen molar-refractivity contribution in [2.45, 2.75) is 13.0 Å². The largest absolute Gasteiger partial charge is 0.466 e. The number of nitrogens with zero attached hydrogens (tertiary/aromatic N) is 2. The summed E-state index contributed by atoms with van der Waals surface area (Å²) in [6.07, 6.45) is -1.14. The summed E-state index contributed by atoms with van der Waals surface area (Å²) in [6, 6.07) is 17.8. The molecule has 8 heteroatoms. The van der Waals surface area contributed by atoms with Crippen LogP contribution in [-0.2, 0) is 14.3 Å². The van der Waals surface area contributed by atoms with Gasteiger partial charge in [-0.25, -0.2) is 14.3 Å². The Morgan fingerprint density at radius 1 is 1.10 bits per heavy atom. The van der Waals surface area contributed by atoms with E-state index in [1.54, 1.807) is 47.1 Å². The van der Waals surface area contributed by atoms with E-state index in [2.05, 4.69) is 5.10 Å². The molecule has 0 saturated carbocycles. The SMILES string of the molecule is COC(=O)C(OC(=O)c1cc2c(C)nn(-c3ccc(Cl)cc3)c2s1)c1ccccc1. The standard InChI is InChI=1S/C22H17ClN2O4S/c1-13-17-12-18(30-20(17)25(24-13)16-10-8-15(23)9-11-16)21(26)29-19(22(27)28-2)14-6-4-3-5-7-14/h3-12,19H,1-2H3. The topological polar surface area (TPSA) is 70.4 Å². The third kappa shape index (κ3) is 3.81. The van der Waals surface area contributed by atoms with Gasteiger partial charge in [-0.3, -0.25) is 0 Å². The van der Waals surface area contributed by atoms with Crippen molar-refractivity contribution in [3.8, 4) is 5.69 Å². The van der Waals surface area contributed by atoms with Gasteiger partial charge >= 0.3 is 11.9 Å².